The molecule has 4 nitrogen and oxygen atoms in total. The van der Waals surface area contributed by atoms with Crippen LogP contribution in [0.4, 0.5) is 0 Å². The Bertz CT molecular complexity index is 576. The number of aliphatic hydroxyl groups is 1. The Labute approximate surface area is 144 Å². The molecule has 1 N–H and O–H groups in total. The van der Waals surface area contributed by atoms with Crippen LogP contribution in [0.5, 0.6) is 0 Å². The molecule has 2 fully saturated rings. The minimum atomic E-state index is -0.361. The number of hydrogen-bond donors (Lipinski definition) is 1. The van der Waals surface area contributed by atoms with Gasteiger partial charge in [0.05, 0.1) is 12.7 Å². The van der Waals surface area contributed by atoms with E-state index in [1.54, 1.807) is 0 Å². The van der Waals surface area contributed by atoms with Crippen molar-refractivity contribution in [1.29, 1.82) is 0 Å². The SMILES string of the molecule is CC(C)(C)c1ccc(C(=O)N2CCC[C@@H]2[C@@H]2COCC[C@H]2O)cc1. The van der Waals surface area contributed by atoms with Gasteiger partial charge in [0.2, 0.25) is 0 Å². The normalized spacial score (nSPS) is 28.2. The number of benzene rings is 1. The van der Waals surface area contributed by atoms with Gasteiger partial charge in [-0.2, -0.15) is 0 Å². The van der Waals surface area contributed by atoms with E-state index in [1.165, 1.54) is 5.56 Å². The van der Waals surface area contributed by atoms with Crippen molar-refractivity contribution in [2.24, 2.45) is 5.92 Å². The topological polar surface area (TPSA) is 49.8 Å². The maximum Gasteiger partial charge on any atom is 0.254 e. The van der Waals surface area contributed by atoms with E-state index in [9.17, 15) is 9.90 Å². The summed E-state index contributed by atoms with van der Waals surface area (Å²) in [6.45, 7) is 8.46. The van der Waals surface area contributed by atoms with Crippen molar-refractivity contribution in [3.05, 3.63) is 35.4 Å². The first-order valence-corrected chi connectivity index (χ1v) is 9.05. The Morgan fingerprint density at radius 1 is 1.21 bits per heavy atom. The Kier molecular flexibility index (Phi) is 4.97. The highest BCUT2D eigenvalue weighted by atomic mass is 16.5. The van der Waals surface area contributed by atoms with Crippen LogP contribution in [0, 0.1) is 5.92 Å². The van der Waals surface area contributed by atoms with Crippen LogP contribution in [0.1, 0.15) is 56.0 Å². The highest BCUT2D eigenvalue weighted by Crippen LogP contribution is 2.31. The largest absolute Gasteiger partial charge is 0.393 e. The molecule has 2 aliphatic heterocycles. The Morgan fingerprint density at radius 2 is 1.92 bits per heavy atom. The highest BCUT2D eigenvalue weighted by molar-refractivity contribution is 5.94. The second kappa shape index (κ2) is 6.85. The van der Waals surface area contributed by atoms with Gasteiger partial charge in [0.25, 0.3) is 5.91 Å². The van der Waals surface area contributed by atoms with Crippen molar-refractivity contribution in [1.82, 2.24) is 4.90 Å². The summed E-state index contributed by atoms with van der Waals surface area (Å²) >= 11 is 0. The summed E-state index contributed by atoms with van der Waals surface area (Å²) in [4.78, 5) is 14.9. The molecule has 2 saturated heterocycles. The highest BCUT2D eigenvalue weighted by Gasteiger charge is 2.39. The number of amides is 1. The molecule has 2 aliphatic rings. The van der Waals surface area contributed by atoms with E-state index in [1.807, 2.05) is 17.0 Å². The summed E-state index contributed by atoms with van der Waals surface area (Å²) in [6, 6.07) is 8.07. The van der Waals surface area contributed by atoms with Crippen molar-refractivity contribution < 1.29 is 14.6 Å². The number of nitrogens with zero attached hydrogens (tertiary/aromatic N) is 1. The minimum absolute atomic E-state index is 0.0408. The summed E-state index contributed by atoms with van der Waals surface area (Å²) in [6.07, 6.45) is 2.26. The maximum absolute atomic E-state index is 13.0. The monoisotopic (exact) mass is 331 g/mol. The fourth-order valence-corrected chi connectivity index (χ4v) is 3.88. The molecule has 0 radical (unpaired) electrons. The van der Waals surface area contributed by atoms with Crippen LogP contribution in [-0.2, 0) is 10.2 Å². The molecule has 0 aliphatic carbocycles. The van der Waals surface area contributed by atoms with Crippen LogP contribution in [0.15, 0.2) is 24.3 Å². The molecule has 132 valence electrons. The molecule has 1 aromatic carbocycles. The summed E-state index contributed by atoms with van der Waals surface area (Å²) in [5, 5.41) is 10.3. The van der Waals surface area contributed by atoms with E-state index in [0.29, 0.717) is 19.6 Å². The standard InChI is InChI=1S/C20H29NO3/c1-20(2,3)15-8-6-14(7-9-15)19(23)21-11-4-5-17(21)16-13-24-12-10-18(16)22/h6-9,16-18,22H,4-5,10-13H2,1-3H3/t16-,17+,18+/m0/s1. The van der Waals surface area contributed by atoms with Crippen LogP contribution in [0.25, 0.3) is 0 Å². The number of carbonyl (C=O) groups is 1. The van der Waals surface area contributed by atoms with Gasteiger partial charge >= 0.3 is 0 Å². The number of hydrogen-bond acceptors (Lipinski definition) is 3. The predicted octanol–water partition coefficient (Wildman–Crippen LogP) is 2.99. The molecule has 3 rings (SSSR count). The number of rotatable bonds is 2. The van der Waals surface area contributed by atoms with Crippen molar-refractivity contribution in [2.75, 3.05) is 19.8 Å². The van der Waals surface area contributed by atoms with Crippen LogP contribution >= 0.6 is 0 Å². The van der Waals surface area contributed by atoms with Crippen molar-refractivity contribution in [3.8, 4) is 0 Å². The first-order chi connectivity index (χ1) is 11.4. The lowest BCUT2D eigenvalue weighted by Crippen LogP contribution is -2.48. The minimum Gasteiger partial charge on any atom is -0.393 e. The van der Waals surface area contributed by atoms with E-state index >= 15 is 0 Å². The third-order valence-corrected chi connectivity index (χ3v) is 5.41. The van der Waals surface area contributed by atoms with E-state index < -0.39 is 0 Å². The third-order valence-electron chi connectivity index (χ3n) is 5.41. The molecule has 24 heavy (non-hydrogen) atoms. The van der Waals surface area contributed by atoms with Gasteiger partial charge in [-0.1, -0.05) is 32.9 Å². The van der Waals surface area contributed by atoms with Crippen LogP contribution < -0.4 is 0 Å². The third kappa shape index (κ3) is 3.50. The number of aliphatic hydroxyl groups excluding tert-OH is 1. The van der Waals surface area contributed by atoms with Gasteiger partial charge in [-0.15, -0.1) is 0 Å². The van der Waals surface area contributed by atoms with Gasteiger partial charge in [-0.25, -0.2) is 0 Å². The quantitative estimate of drug-likeness (QED) is 0.906. The predicted molar refractivity (Wildman–Crippen MR) is 94.1 cm³/mol. The first kappa shape index (κ1) is 17.4. The molecule has 1 amide bonds. The van der Waals surface area contributed by atoms with Crippen molar-refractivity contribution in [3.63, 3.8) is 0 Å². The molecule has 0 aromatic heterocycles. The van der Waals surface area contributed by atoms with Crippen LogP contribution in [-0.4, -0.2) is 47.8 Å². The summed E-state index contributed by atoms with van der Waals surface area (Å²) in [7, 11) is 0. The lowest BCUT2D eigenvalue weighted by Gasteiger charge is -2.37. The number of carbonyl (C=O) groups excluding carboxylic acids is 1. The lowest BCUT2D eigenvalue weighted by atomic mass is 9.86. The van der Waals surface area contributed by atoms with Crippen molar-refractivity contribution in [2.45, 2.75) is 57.6 Å². The number of likely N-dealkylation sites (tertiary alicyclic amines) is 1. The molecule has 4 heteroatoms. The maximum atomic E-state index is 13.0. The molecule has 2 heterocycles. The van der Waals surface area contributed by atoms with Gasteiger partial charge in [0.1, 0.15) is 0 Å². The van der Waals surface area contributed by atoms with Gasteiger partial charge in [0, 0.05) is 30.7 Å². The zero-order chi connectivity index (χ0) is 17.3. The Balaban J connectivity index is 1.76. The Morgan fingerprint density at radius 3 is 2.54 bits per heavy atom. The molecular weight excluding hydrogens is 302 g/mol. The first-order valence-electron chi connectivity index (χ1n) is 9.05. The van der Waals surface area contributed by atoms with E-state index in [4.69, 9.17) is 4.74 Å². The van der Waals surface area contributed by atoms with Gasteiger partial charge in [-0.05, 0) is 42.4 Å². The van der Waals surface area contributed by atoms with Crippen LogP contribution in [0.3, 0.4) is 0 Å². The number of ether oxygens (including phenoxy) is 1. The van der Waals surface area contributed by atoms with Crippen LogP contribution in [0.2, 0.25) is 0 Å². The zero-order valence-corrected chi connectivity index (χ0v) is 15.0. The van der Waals surface area contributed by atoms with Gasteiger partial charge in [-0.3, -0.25) is 4.79 Å². The van der Waals surface area contributed by atoms with E-state index in [0.717, 1.165) is 24.9 Å². The lowest BCUT2D eigenvalue weighted by molar-refractivity contribution is -0.0589. The summed E-state index contributed by atoms with van der Waals surface area (Å²) < 4.78 is 5.55. The van der Waals surface area contributed by atoms with E-state index in [-0.39, 0.29) is 29.4 Å². The van der Waals surface area contributed by atoms with Crippen molar-refractivity contribution >= 4 is 5.91 Å². The molecule has 0 spiro atoms. The molecule has 1 aromatic rings. The molecule has 3 atom stereocenters. The zero-order valence-electron chi connectivity index (χ0n) is 15.0. The second-order valence-electron chi connectivity index (χ2n) is 8.13. The average Bonchev–Trinajstić information content (AvgIpc) is 3.03. The molecular formula is C20H29NO3. The molecule has 0 bridgehead atoms. The summed E-state index contributed by atoms with van der Waals surface area (Å²) in [5.41, 5.74) is 2.05. The summed E-state index contributed by atoms with van der Waals surface area (Å²) in [5.74, 6) is 0.120. The fourth-order valence-electron chi connectivity index (χ4n) is 3.88. The van der Waals surface area contributed by atoms with Gasteiger partial charge in [0.15, 0.2) is 0 Å². The fraction of sp³-hybridized carbons (Fsp3) is 0.650. The molecule has 0 saturated carbocycles. The van der Waals surface area contributed by atoms with E-state index in [2.05, 4.69) is 32.9 Å². The van der Waals surface area contributed by atoms with Gasteiger partial charge < -0.3 is 14.7 Å². The Hall–Kier alpha value is -1.39. The average molecular weight is 331 g/mol. The smallest absolute Gasteiger partial charge is 0.254 e. The molecule has 0 unspecified atom stereocenters. The second-order valence-corrected chi connectivity index (χ2v) is 8.13.